The van der Waals surface area contributed by atoms with Gasteiger partial charge in [0.2, 0.25) is 0 Å². The minimum atomic E-state index is -0.589. The molecule has 0 aromatic heterocycles. The molecule has 12 heavy (non-hydrogen) atoms. The van der Waals surface area contributed by atoms with Crippen LogP contribution in [0.2, 0.25) is 0 Å². The van der Waals surface area contributed by atoms with E-state index >= 15 is 0 Å². The molecule has 0 spiro atoms. The Balaban J connectivity index is 2.49. The van der Waals surface area contributed by atoms with E-state index in [9.17, 15) is 4.79 Å². The van der Waals surface area contributed by atoms with Crippen molar-refractivity contribution in [2.24, 2.45) is 0 Å². The van der Waals surface area contributed by atoms with Gasteiger partial charge in [0.25, 0.3) is 0 Å². The van der Waals surface area contributed by atoms with Crippen LogP contribution in [0.5, 0.6) is 0 Å². The molecule has 0 unspecified atom stereocenters. The molecular weight excluding hydrogens is 156 g/mol. The van der Waals surface area contributed by atoms with Gasteiger partial charge in [0.1, 0.15) is 6.29 Å². The highest BCUT2D eigenvalue weighted by Gasteiger charge is 2.32. The Bertz CT molecular complexity index is 133. The van der Waals surface area contributed by atoms with Gasteiger partial charge in [-0.2, -0.15) is 0 Å². The van der Waals surface area contributed by atoms with E-state index in [1.54, 1.807) is 0 Å². The van der Waals surface area contributed by atoms with Gasteiger partial charge in [0.05, 0.1) is 19.6 Å². The van der Waals surface area contributed by atoms with Crippen LogP contribution in [0.15, 0.2) is 0 Å². The van der Waals surface area contributed by atoms with Crippen LogP contribution < -0.4 is 0 Å². The van der Waals surface area contributed by atoms with E-state index in [-0.39, 0.29) is 0 Å². The lowest BCUT2D eigenvalue weighted by Gasteiger charge is -2.35. The summed E-state index contributed by atoms with van der Waals surface area (Å²) >= 11 is 0. The Morgan fingerprint density at radius 2 is 2.08 bits per heavy atom. The Hall–Kier alpha value is -0.410. The van der Waals surface area contributed by atoms with Crippen molar-refractivity contribution in [2.45, 2.75) is 38.4 Å². The topological polar surface area (TPSA) is 35.5 Å². The molecular formula is C9H16O3. The van der Waals surface area contributed by atoms with Crippen LogP contribution in [0.3, 0.4) is 0 Å². The van der Waals surface area contributed by atoms with Gasteiger partial charge in [-0.25, -0.2) is 0 Å². The molecule has 0 N–H and O–H groups in total. The largest absolute Gasteiger partial charge is 0.349 e. The molecule has 1 saturated heterocycles. The summed E-state index contributed by atoms with van der Waals surface area (Å²) in [5.41, 5.74) is 0. The van der Waals surface area contributed by atoms with E-state index < -0.39 is 5.79 Å². The van der Waals surface area contributed by atoms with Crippen LogP contribution in [-0.4, -0.2) is 25.3 Å². The predicted octanol–water partition coefficient (Wildman–Crippen LogP) is 1.51. The lowest BCUT2D eigenvalue weighted by molar-refractivity contribution is -0.268. The molecule has 0 saturated carbocycles. The Labute approximate surface area is 73.0 Å². The molecule has 0 amide bonds. The summed E-state index contributed by atoms with van der Waals surface area (Å²) < 4.78 is 11.0. The maximum Gasteiger partial charge on any atom is 0.174 e. The van der Waals surface area contributed by atoms with Crippen LogP contribution in [0.1, 0.15) is 32.6 Å². The summed E-state index contributed by atoms with van der Waals surface area (Å²) in [7, 11) is 0. The van der Waals surface area contributed by atoms with Crippen LogP contribution >= 0.6 is 0 Å². The zero-order valence-electron chi connectivity index (χ0n) is 7.54. The highest BCUT2D eigenvalue weighted by Crippen LogP contribution is 2.26. The standard InChI is InChI=1S/C9H16O3/c1-2-4-9(5-6-10)11-7-3-8-12-9/h6H,2-5,7-8H2,1H3. The fourth-order valence-electron chi connectivity index (χ4n) is 1.49. The number of aldehydes is 1. The van der Waals surface area contributed by atoms with Crippen molar-refractivity contribution < 1.29 is 14.3 Å². The summed E-state index contributed by atoms with van der Waals surface area (Å²) in [6, 6.07) is 0. The first kappa shape index (κ1) is 9.68. The van der Waals surface area contributed by atoms with E-state index in [0.717, 1.165) is 25.5 Å². The Morgan fingerprint density at radius 3 is 2.58 bits per heavy atom. The molecule has 0 aromatic rings. The third-order valence-electron chi connectivity index (χ3n) is 2.04. The zero-order valence-corrected chi connectivity index (χ0v) is 7.54. The molecule has 1 fully saturated rings. The quantitative estimate of drug-likeness (QED) is 0.603. The van der Waals surface area contributed by atoms with Crippen LogP contribution in [0.25, 0.3) is 0 Å². The molecule has 1 aliphatic rings. The lowest BCUT2D eigenvalue weighted by atomic mass is 10.1. The highest BCUT2D eigenvalue weighted by atomic mass is 16.7. The number of hydrogen-bond donors (Lipinski definition) is 0. The normalized spacial score (nSPS) is 22.1. The predicted molar refractivity (Wildman–Crippen MR) is 44.8 cm³/mol. The second kappa shape index (κ2) is 4.58. The van der Waals surface area contributed by atoms with Crippen LogP contribution in [0, 0.1) is 0 Å². The molecule has 0 atom stereocenters. The number of ether oxygens (including phenoxy) is 2. The molecule has 0 bridgehead atoms. The smallest absolute Gasteiger partial charge is 0.174 e. The minimum absolute atomic E-state index is 0.362. The lowest BCUT2D eigenvalue weighted by Crippen LogP contribution is -2.40. The minimum Gasteiger partial charge on any atom is -0.349 e. The van der Waals surface area contributed by atoms with Crippen molar-refractivity contribution in [1.29, 1.82) is 0 Å². The van der Waals surface area contributed by atoms with Gasteiger partial charge in [0, 0.05) is 6.42 Å². The Morgan fingerprint density at radius 1 is 1.42 bits per heavy atom. The van der Waals surface area contributed by atoms with Gasteiger partial charge in [-0.3, -0.25) is 0 Å². The van der Waals surface area contributed by atoms with E-state index in [2.05, 4.69) is 6.92 Å². The summed E-state index contributed by atoms with van der Waals surface area (Å²) in [4.78, 5) is 10.4. The van der Waals surface area contributed by atoms with Crippen molar-refractivity contribution >= 4 is 6.29 Å². The van der Waals surface area contributed by atoms with Crippen molar-refractivity contribution in [2.75, 3.05) is 13.2 Å². The van der Waals surface area contributed by atoms with Gasteiger partial charge in [-0.05, 0) is 6.42 Å². The maximum atomic E-state index is 10.4. The van der Waals surface area contributed by atoms with Gasteiger partial charge >= 0.3 is 0 Å². The van der Waals surface area contributed by atoms with Crippen molar-refractivity contribution in [3.63, 3.8) is 0 Å². The monoisotopic (exact) mass is 172 g/mol. The zero-order chi connectivity index (χ0) is 8.86. The molecule has 1 rings (SSSR count). The van der Waals surface area contributed by atoms with E-state index in [4.69, 9.17) is 9.47 Å². The maximum absolute atomic E-state index is 10.4. The average Bonchev–Trinajstić information content (AvgIpc) is 2.07. The Kier molecular flexibility index (Phi) is 3.69. The molecule has 3 heteroatoms. The second-order valence-corrected chi connectivity index (χ2v) is 3.08. The highest BCUT2D eigenvalue weighted by molar-refractivity contribution is 5.50. The first-order valence-corrected chi connectivity index (χ1v) is 4.54. The average molecular weight is 172 g/mol. The van der Waals surface area contributed by atoms with E-state index in [1.165, 1.54) is 0 Å². The first-order chi connectivity index (χ1) is 5.83. The first-order valence-electron chi connectivity index (χ1n) is 4.54. The third-order valence-corrected chi connectivity index (χ3v) is 2.04. The fraction of sp³-hybridized carbons (Fsp3) is 0.889. The van der Waals surface area contributed by atoms with E-state index in [0.29, 0.717) is 19.6 Å². The van der Waals surface area contributed by atoms with Crippen molar-refractivity contribution in [3.8, 4) is 0 Å². The van der Waals surface area contributed by atoms with E-state index in [1.807, 2.05) is 0 Å². The number of carbonyl (C=O) groups is 1. The summed E-state index contributed by atoms with van der Waals surface area (Å²) in [6.07, 6.45) is 3.96. The second-order valence-electron chi connectivity index (χ2n) is 3.08. The molecule has 1 heterocycles. The summed E-state index contributed by atoms with van der Waals surface area (Å²) in [5, 5.41) is 0. The molecule has 3 nitrogen and oxygen atoms in total. The van der Waals surface area contributed by atoms with Gasteiger partial charge in [-0.1, -0.05) is 13.3 Å². The molecule has 70 valence electrons. The third kappa shape index (κ3) is 2.29. The molecule has 0 radical (unpaired) electrons. The fourth-order valence-corrected chi connectivity index (χ4v) is 1.49. The number of rotatable bonds is 4. The SMILES string of the molecule is CCCC1(CC=O)OCCCO1. The van der Waals surface area contributed by atoms with Gasteiger partial charge in [0.15, 0.2) is 5.79 Å². The molecule has 1 aliphatic heterocycles. The van der Waals surface area contributed by atoms with Crippen LogP contribution in [-0.2, 0) is 14.3 Å². The molecule has 0 aromatic carbocycles. The summed E-state index contributed by atoms with van der Waals surface area (Å²) in [6.45, 7) is 3.50. The van der Waals surface area contributed by atoms with Crippen molar-refractivity contribution in [1.82, 2.24) is 0 Å². The van der Waals surface area contributed by atoms with Crippen molar-refractivity contribution in [3.05, 3.63) is 0 Å². The summed E-state index contributed by atoms with van der Waals surface area (Å²) in [5.74, 6) is -0.589. The molecule has 0 aliphatic carbocycles. The number of hydrogen-bond acceptors (Lipinski definition) is 3. The van der Waals surface area contributed by atoms with Gasteiger partial charge < -0.3 is 14.3 Å². The van der Waals surface area contributed by atoms with Crippen LogP contribution in [0.4, 0.5) is 0 Å². The van der Waals surface area contributed by atoms with Gasteiger partial charge in [-0.15, -0.1) is 0 Å². The number of carbonyl (C=O) groups excluding carboxylic acids is 1.